The van der Waals surface area contributed by atoms with Crippen LogP contribution in [-0.2, 0) is 11.3 Å². The molecule has 6 nitrogen and oxygen atoms in total. The van der Waals surface area contributed by atoms with Gasteiger partial charge in [0.05, 0.1) is 5.69 Å². The number of rotatable bonds is 5. The van der Waals surface area contributed by atoms with Gasteiger partial charge in [-0.25, -0.2) is 15.8 Å². The number of hydrogen-bond donors (Lipinski definition) is 3. The minimum absolute atomic E-state index is 0.292. The Morgan fingerprint density at radius 1 is 1.29 bits per heavy atom. The Bertz CT molecular complexity index is 653. The number of anilines is 3. The van der Waals surface area contributed by atoms with E-state index in [-0.39, 0.29) is 0 Å². The summed E-state index contributed by atoms with van der Waals surface area (Å²) in [6.07, 6.45) is 0. The van der Waals surface area contributed by atoms with Crippen LogP contribution < -0.4 is 16.6 Å². The van der Waals surface area contributed by atoms with E-state index < -0.39 is 0 Å². The number of aryl methyl sites for hydroxylation is 1. The maximum Gasteiger partial charge on any atom is 0.158 e. The van der Waals surface area contributed by atoms with Gasteiger partial charge in [0, 0.05) is 22.7 Å². The third-order valence-electron chi connectivity index (χ3n) is 2.70. The molecule has 0 aliphatic carbocycles. The average Bonchev–Trinajstić information content (AvgIpc) is 2.45. The molecule has 21 heavy (non-hydrogen) atoms. The molecular formula is C13H15BrClN5O. The molecule has 0 atom stereocenters. The fourth-order valence-corrected chi connectivity index (χ4v) is 2.43. The van der Waals surface area contributed by atoms with Crippen LogP contribution >= 0.6 is 27.5 Å². The number of nitrogens with two attached hydrogens (primary N) is 1. The summed E-state index contributed by atoms with van der Waals surface area (Å²) in [4.78, 5) is 8.54. The molecule has 2 rings (SSSR count). The normalized spacial score (nSPS) is 10.5. The van der Waals surface area contributed by atoms with Crippen LogP contribution in [0.1, 0.15) is 11.4 Å². The van der Waals surface area contributed by atoms with Crippen LogP contribution in [0, 0.1) is 6.92 Å². The van der Waals surface area contributed by atoms with Crippen LogP contribution in [0.25, 0.3) is 0 Å². The van der Waals surface area contributed by atoms with E-state index in [9.17, 15) is 0 Å². The Hall–Kier alpha value is -1.41. The highest BCUT2D eigenvalue weighted by Gasteiger charge is 2.08. The fraction of sp³-hybridized carbons (Fsp3) is 0.231. The molecule has 0 saturated carbocycles. The molecule has 4 N–H and O–H groups in total. The number of methoxy groups -OCH3 is 1. The quantitative estimate of drug-likeness (QED) is 0.551. The summed E-state index contributed by atoms with van der Waals surface area (Å²) in [6, 6.07) is 5.46. The molecule has 0 fully saturated rings. The van der Waals surface area contributed by atoms with Gasteiger partial charge in [0.2, 0.25) is 0 Å². The second-order valence-electron chi connectivity index (χ2n) is 4.34. The van der Waals surface area contributed by atoms with Crippen molar-refractivity contribution in [3.63, 3.8) is 0 Å². The second kappa shape index (κ2) is 7.04. The SMILES string of the molecule is COCc1nc(NN)cc(Nc2cc(Cl)c(C)cc2Br)n1. The van der Waals surface area contributed by atoms with Crippen molar-refractivity contribution in [1.82, 2.24) is 9.97 Å². The molecule has 0 saturated heterocycles. The highest BCUT2D eigenvalue weighted by atomic mass is 79.9. The number of nitrogens with one attached hydrogen (secondary N) is 2. The van der Waals surface area contributed by atoms with E-state index in [1.165, 1.54) is 0 Å². The first-order valence-electron chi connectivity index (χ1n) is 6.09. The molecule has 1 aromatic heterocycles. The van der Waals surface area contributed by atoms with Gasteiger partial charge in [-0.3, -0.25) is 0 Å². The van der Waals surface area contributed by atoms with Crippen LogP contribution in [0.5, 0.6) is 0 Å². The van der Waals surface area contributed by atoms with Gasteiger partial charge in [0.1, 0.15) is 18.2 Å². The molecule has 0 unspecified atom stereocenters. The Kier molecular flexibility index (Phi) is 5.35. The summed E-state index contributed by atoms with van der Waals surface area (Å²) in [5.74, 6) is 7.01. The number of hydrazine groups is 1. The molecular weight excluding hydrogens is 358 g/mol. The summed E-state index contributed by atoms with van der Waals surface area (Å²) in [5, 5.41) is 3.85. The number of nitrogen functional groups attached to an aromatic ring is 1. The third-order valence-corrected chi connectivity index (χ3v) is 3.77. The third kappa shape index (κ3) is 4.04. The molecule has 0 amide bonds. The summed E-state index contributed by atoms with van der Waals surface area (Å²) in [7, 11) is 1.58. The lowest BCUT2D eigenvalue weighted by molar-refractivity contribution is 0.178. The van der Waals surface area contributed by atoms with Crippen molar-refractivity contribution >= 4 is 44.9 Å². The van der Waals surface area contributed by atoms with Gasteiger partial charge < -0.3 is 15.5 Å². The van der Waals surface area contributed by atoms with Crippen LogP contribution in [-0.4, -0.2) is 17.1 Å². The zero-order valence-electron chi connectivity index (χ0n) is 11.6. The Morgan fingerprint density at radius 3 is 2.67 bits per heavy atom. The van der Waals surface area contributed by atoms with Crippen molar-refractivity contribution in [2.75, 3.05) is 17.9 Å². The van der Waals surface area contributed by atoms with E-state index in [2.05, 4.69) is 36.6 Å². The first kappa shape index (κ1) is 16.0. The van der Waals surface area contributed by atoms with Gasteiger partial charge in [0.15, 0.2) is 5.82 Å². The minimum atomic E-state index is 0.292. The van der Waals surface area contributed by atoms with E-state index in [4.69, 9.17) is 22.2 Å². The number of aromatic nitrogens is 2. The number of ether oxygens (including phenoxy) is 1. The largest absolute Gasteiger partial charge is 0.377 e. The highest BCUT2D eigenvalue weighted by Crippen LogP contribution is 2.31. The van der Waals surface area contributed by atoms with Crippen molar-refractivity contribution in [2.45, 2.75) is 13.5 Å². The van der Waals surface area contributed by atoms with E-state index in [1.807, 2.05) is 19.1 Å². The summed E-state index contributed by atoms with van der Waals surface area (Å²) in [5.41, 5.74) is 4.29. The van der Waals surface area contributed by atoms with E-state index >= 15 is 0 Å². The summed E-state index contributed by atoms with van der Waals surface area (Å²) < 4.78 is 5.93. The van der Waals surface area contributed by atoms with Gasteiger partial charge in [0.25, 0.3) is 0 Å². The minimum Gasteiger partial charge on any atom is -0.377 e. The fourth-order valence-electron chi connectivity index (χ4n) is 1.71. The number of benzene rings is 1. The predicted molar refractivity (Wildman–Crippen MR) is 87.7 cm³/mol. The topological polar surface area (TPSA) is 85.1 Å². The standard InChI is InChI=1S/C13H15BrClN5O/c1-7-3-8(14)10(4-9(7)15)17-11-5-12(20-16)19-13(18-11)6-21-2/h3-5H,6,16H2,1-2H3,(H2,17,18,19,20). The molecule has 0 bridgehead atoms. The molecule has 1 heterocycles. The van der Waals surface area contributed by atoms with Gasteiger partial charge >= 0.3 is 0 Å². The molecule has 8 heteroatoms. The number of halogens is 2. The Morgan fingerprint density at radius 2 is 2.00 bits per heavy atom. The lowest BCUT2D eigenvalue weighted by atomic mass is 10.2. The smallest absolute Gasteiger partial charge is 0.158 e. The van der Waals surface area contributed by atoms with Crippen molar-refractivity contribution in [1.29, 1.82) is 0 Å². The second-order valence-corrected chi connectivity index (χ2v) is 5.60. The number of hydrogen-bond acceptors (Lipinski definition) is 6. The summed E-state index contributed by atoms with van der Waals surface area (Å²) >= 11 is 9.64. The molecule has 0 aliphatic rings. The monoisotopic (exact) mass is 371 g/mol. The summed E-state index contributed by atoms with van der Waals surface area (Å²) in [6.45, 7) is 2.23. The average molecular weight is 373 g/mol. The van der Waals surface area contributed by atoms with Crippen LogP contribution in [0.3, 0.4) is 0 Å². The maximum atomic E-state index is 6.15. The lowest BCUT2D eigenvalue weighted by Gasteiger charge is -2.12. The van der Waals surface area contributed by atoms with Crippen molar-refractivity contribution in [3.05, 3.63) is 39.1 Å². The van der Waals surface area contributed by atoms with E-state index in [0.29, 0.717) is 29.1 Å². The van der Waals surface area contributed by atoms with Crippen LogP contribution in [0.15, 0.2) is 22.7 Å². The lowest BCUT2D eigenvalue weighted by Crippen LogP contribution is -2.12. The predicted octanol–water partition coefficient (Wildman–Crippen LogP) is 3.38. The van der Waals surface area contributed by atoms with E-state index in [0.717, 1.165) is 15.7 Å². The zero-order valence-corrected chi connectivity index (χ0v) is 13.9. The maximum absolute atomic E-state index is 6.15. The molecule has 1 aromatic carbocycles. The molecule has 0 radical (unpaired) electrons. The highest BCUT2D eigenvalue weighted by molar-refractivity contribution is 9.10. The molecule has 0 aliphatic heterocycles. The van der Waals surface area contributed by atoms with Crippen LogP contribution in [0.4, 0.5) is 17.3 Å². The first-order valence-corrected chi connectivity index (χ1v) is 7.26. The zero-order chi connectivity index (χ0) is 15.4. The van der Waals surface area contributed by atoms with Crippen molar-refractivity contribution in [2.24, 2.45) is 5.84 Å². The number of nitrogens with zero attached hydrogens (tertiary/aromatic N) is 2. The van der Waals surface area contributed by atoms with Gasteiger partial charge in [-0.1, -0.05) is 11.6 Å². The van der Waals surface area contributed by atoms with Gasteiger partial charge in [-0.15, -0.1) is 0 Å². The Labute approximate surface area is 136 Å². The van der Waals surface area contributed by atoms with E-state index in [1.54, 1.807) is 13.2 Å². The van der Waals surface area contributed by atoms with Crippen molar-refractivity contribution < 1.29 is 4.74 Å². The Balaban J connectivity index is 2.34. The molecule has 0 spiro atoms. The van der Waals surface area contributed by atoms with Gasteiger partial charge in [-0.05, 0) is 40.5 Å². The van der Waals surface area contributed by atoms with Crippen LogP contribution in [0.2, 0.25) is 5.02 Å². The first-order chi connectivity index (χ1) is 10.0. The molecule has 2 aromatic rings. The molecule has 112 valence electrons. The van der Waals surface area contributed by atoms with Gasteiger partial charge in [-0.2, -0.15) is 0 Å². The van der Waals surface area contributed by atoms with Crippen molar-refractivity contribution in [3.8, 4) is 0 Å².